The number of carbonyl (C=O) groups excluding carboxylic acids is 1. The lowest BCUT2D eigenvalue weighted by Gasteiger charge is -2.27. The highest BCUT2D eigenvalue weighted by Gasteiger charge is 2.27. The lowest BCUT2D eigenvalue weighted by atomic mass is 9.94. The third-order valence-electron chi connectivity index (χ3n) is 4.67. The van der Waals surface area contributed by atoms with Gasteiger partial charge < -0.3 is 10.1 Å². The molecule has 1 heterocycles. The topological polar surface area (TPSA) is 75.7 Å². The quantitative estimate of drug-likeness (QED) is 0.805. The molecular formula is C21H26N2O4S. The lowest BCUT2D eigenvalue weighted by Crippen LogP contribution is -2.45. The van der Waals surface area contributed by atoms with Crippen LogP contribution in [0.2, 0.25) is 0 Å². The highest BCUT2D eigenvalue weighted by atomic mass is 32.2. The summed E-state index contributed by atoms with van der Waals surface area (Å²) < 4.78 is 32.0. The van der Waals surface area contributed by atoms with E-state index < -0.39 is 15.6 Å². The molecule has 7 heteroatoms. The largest absolute Gasteiger partial charge is 0.379 e. The average Bonchev–Trinajstić information content (AvgIpc) is 2.69. The number of rotatable bonds is 6. The molecular weight excluding hydrogens is 376 g/mol. The van der Waals surface area contributed by atoms with Gasteiger partial charge in [0.1, 0.15) is 0 Å². The second kappa shape index (κ2) is 8.43. The maximum absolute atomic E-state index is 12.7. The predicted octanol–water partition coefficient (Wildman–Crippen LogP) is 2.46. The molecule has 6 nitrogen and oxygen atoms in total. The van der Waals surface area contributed by atoms with E-state index in [2.05, 4.69) is 5.32 Å². The first-order valence-corrected chi connectivity index (χ1v) is 10.8. The van der Waals surface area contributed by atoms with Gasteiger partial charge in [0.25, 0.3) is 5.91 Å². The molecule has 0 atom stereocenters. The first-order valence-electron chi connectivity index (χ1n) is 9.32. The monoisotopic (exact) mass is 402 g/mol. The van der Waals surface area contributed by atoms with Gasteiger partial charge in [-0.1, -0.05) is 30.3 Å². The third-order valence-corrected chi connectivity index (χ3v) is 6.58. The molecule has 0 aromatic heterocycles. The zero-order valence-electron chi connectivity index (χ0n) is 16.2. The van der Waals surface area contributed by atoms with Crippen LogP contribution in [-0.4, -0.2) is 50.5 Å². The minimum atomic E-state index is -3.56. The molecule has 0 unspecified atom stereocenters. The summed E-state index contributed by atoms with van der Waals surface area (Å²) in [5.41, 5.74) is 1.14. The van der Waals surface area contributed by atoms with Crippen LogP contribution in [-0.2, 0) is 21.2 Å². The Hall–Kier alpha value is -2.22. The molecule has 3 rings (SSSR count). The summed E-state index contributed by atoms with van der Waals surface area (Å²) in [5, 5.41) is 3.03. The van der Waals surface area contributed by atoms with Gasteiger partial charge in [-0.2, -0.15) is 4.31 Å². The number of amides is 1. The second-order valence-electron chi connectivity index (χ2n) is 7.54. The molecule has 0 aliphatic carbocycles. The first kappa shape index (κ1) is 20.5. The highest BCUT2D eigenvalue weighted by Crippen LogP contribution is 2.19. The zero-order chi connectivity index (χ0) is 20.2. The van der Waals surface area contributed by atoms with Gasteiger partial charge in [0.15, 0.2) is 0 Å². The van der Waals surface area contributed by atoms with Crippen molar-refractivity contribution in [2.24, 2.45) is 0 Å². The maximum Gasteiger partial charge on any atom is 0.251 e. The van der Waals surface area contributed by atoms with Crippen LogP contribution < -0.4 is 5.32 Å². The third kappa shape index (κ3) is 4.98. The summed E-state index contributed by atoms with van der Waals surface area (Å²) in [6, 6.07) is 16.1. The first-order chi connectivity index (χ1) is 13.3. The standard InChI is InChI=1S/C21H26N2O4S/c1-21(2,16-17-6-4-3-5-7-17)22-20(24)18-8-10-19(11-9-18)28(25,26)23-12-14-27-15-13-23/h3-11H,12-16H2,1-2H3,(H,22,24). The number of carbonyl (C=O) groups is 1. The van der Waals surface area contributed by atoms with Crippen molar-refractivity contribution in [3.8, 4) is 0 Å². The normalized spacial score (nSPS) is 15.9. The highest BCUT2D eigenvalue weighted by molar-refractivity contribution is 7.89. The number of morpholine rings is 1. The lowest BCUT2D eigenvalue weighted by molar-refractivity contribution is 0.0730. The van der Waals surface area contributed by atoms with Crippen LogP contribution in [0.15, 0.2) is 59.5 Å². The summed E-state index contributed by atoms with van der Waals surface area (Å²) in [7, 11) is -3.56. The van der Waals surface area contributed by atoms with E-state index in [0.29, 0.717) is 38.3 Å². The smallest absolute Gasteiger partial charge is 0.251 e. The van der Waals surface area contributed by atoms with Crippen molar-refractivity contribution >= 4 is 15.9 Å². The Labute approximate surface area is 166 Å². The predicted molar refractivity (Wildman–Crippen MR) is 108 cm³/mol. The summed E-state index contributed by atoms with van der Waals surface area (Å²) >= 11 is 0. The van der Waals surface area contributed by atoms with Crippen molar-refractivity contribution in [1.29, 1.82) is 0 Å². The molecule has 1 aliphatic heterocycles. The van der Waals surface area contributed by atoms with Crippen LogP contribution in [0.5, 0.6) is 0 Å². The van der Waals surface area contributed by atoms with Gasteiger partial charge in [-0.05, 0) is 50.1 Å². The maximum atomic E-state index is 12.7. The van der Waals surface area contributed by atoms with Gasteiger partial charge in [0.2, 0.25) is 10.0 Å². The van der Waals surface area contributed by atoms with Gasteiger partial charge in [0, 0.05) is 24.2 Å². The Kier molecular flexibility index (Phi) is 6.17. The Morgan fingerprint density at radius 1 is 1.04 bits per heavy atom. The second-order valence-corrected chi connectivity index (χ2v) is 9.48. The van der Waals surface area contributed by atoms with E-state index >= 15 is 0 Å². The van der Waals surface area contributed by atoms with E-state index in [1.54, 1.807) is 12.1 Å². The molecule has 0 spiro atoms. The Bertz CT molecular complexity index is 903. The Morgan fingerprint density at radius 2 is 1.64 bits per heavy atom. The Morgan fingerprint density at radius 3 is 2.25 bits per heavy atom. The molecule has 1 fully saturated rings. The van der Waals surface area contributed by atoms with E-state index in [9.17, 15) is 13.2 Å². The average molecular weight is 403 g/mol. The van der Waals surface area contributed by atoms with Crippen LogP contribution in [0.25, 0.3) is 0 Å². The van der Waals surface area contributed by atoms with Gasteiger partial charge in [0.05, 0.1) is 18.1 Å². The number of hydrogen-bond donors (Lipinski definition) is 1. The van der Waals surface area contributed by atoms with E-state index in [1.165, 1.54) is 16.4 Å². The van der Waals surface area contributed by atoms with Crippen LogP contribution in [0.1, 0.15) is 29.8 Å². The fraction of sp³-hybridized carbons (Fsp3) is 0.381. The van der Waals surface area contributed by atoms with E-state index in [-0.39, 0.29) is 10.8 Å². The molecule has 2 aromatic rings. The minimum absolute atomic E-state index is 0.189. The minimum Gasteiger partial charge on any atom is -0.379 e. The van der Waals surface area contributed by atoms with Gasteiger partial charge in [-0.25, -0.2) is 8.42 Å². The van der Waals surface area contributed by atoms with Crippen molar-refractivity contribution < 1.29 is 17.9 Å². The fourth-order valence-electron chi connectivity index (χ4n) is 3.24. The van der Waals surface area contributed by atoms with Crippen molar-refractivity contribution in [2.75, 3.05) is 26.3 Å². The van der Waals surface area contributed by atoms with Gasteiger partial charge >= 0.3 is 0 Å². The number of sulfonamides is 1. The summed E-state index contributed by atoms with van der Waals surface area (Å²) in [6.45, 7) is 5.42. The van der Waals surface area contributed by atoms with E-state index in [0.717, 1.165) is 5.56 Å². The van der Waals surface area contributed by atoms with Crippen LogP contribution in [0.4, 0.5) is 0 Å². The number of nitrogens with zero attached hydrogens (tertiary/aromatic N) is 1. The molecule has 1 saturated heterocycles. The molecule has 150 valence electrons. The van der Waals surface area contributed by atoms with Crippen LogP contribution >= 0.6 is 0 Å². The fourth-order valence-corrected chi connectivity index (χ4v) is 4.65. The molecule has 0 bridgehead atoms. The molecule has 0 radical (unpaired) electrons. The molecule has 1 aliphatic rings. The van der Waals surface area contributed by atoms with Crippen molar-refractivity contribution in [1.82, 2.24) is 9.62 Å². The van der Waals surface area contributed by atoms with Gasteiger partial charge in [-0.15, -0.1) is 0 Å². The summed E-state index contributed by atoms with van der Waals surface area (Å²) in [6.07, 6.45) is 0.697. The molecule has 0 saturated carbocycles. The number of benzene rings is 2. The van der Waals surface area contributed by atoms with Crippen molar-refractivity contribution in [3.05, 3.63) is 65.7 Å². The molecule has 1 amide bonds. The molecule has 2 aromatic carbocycles. The van der Waals surface area contributed by atoms with E-state index in [4.69, 9.17) is 4.74 Å². The van der Waals surface area contributed by atoms with Gasteiger partial charge in [-0.3, -0.25) is 4.79 Å². The summed E-state index contributed by atoms with van der Waals surface area (Å²) in [4.78, 5) is 12.8. The molecule has 1 N–H and O–H groups in total. The molecule has 28 heavy (non-hydrogen) atoms. The van der Waals surface area contributed by atoms with Crippen LogP contribution in [0, 0.1) is 0 Å². The Balaban J connectivity index is 1.68. The van der Waals surface area contributed by atoms with Crippen molar-refractivity contribution in [2.45, 2.75) is 30.7 Å². The van der Waals surface area contributed by atoms with E-state index in [1.807, 2.05) is 44.2 Å². The SMILES string of the molecule is CC(C)(Cc1ccccc1)NC(=O)c1ccc(S(=O)(=O)N2CCOCC2)cc1. The zero-order valence-corrected chi connectivity index (χ0v) is 17.0. The summed E-state index contributed by atoms with van der Waals surface area (Å²) in [5.74, 6) is -0.226. The number of hydrogen-bond acceptors (Lipinski definition) is 4. The number of nitrogens with one attached hydrogen (secondary N) is 1. The van der Waals surface area contributed by atoms with Crippen molar-refractivity contribution in [3.63, 3.8) is 0 Å². The van der Waals surface area contributed by atoms with Crippen LogP contribution in [0.3, 0.4) is 0 Å². The number of ether oxygens (including phenoxy) is 1.